The Balaban J connectivity index is 1.53. The molecule has 3 nitrogen and oxygen atoms in total. The van der Waals surface area contributed by atoms with E-state index in [1.165, 1.54) is 36.8 Å². The minimum absolute atomic E-state index is 0.000990. The topological polar surface area (TPSA) is 26.9 Å². The summed E-state index contributed by atoms with van der Waals surface area (Å²) in [6.07, 6.45) is 9.05. The van der Waals surface area contributed by atoms with Gasteiger partial charge in [0.25, 0.3) is 0 Å². The first-order valence-corrected chi connectivity index (χ1v) is 8.73. The minimum atomic E-state index is 0.000990. The highest BCUT2D eigenvalue weighted by atomic mass is 16.1. The van der Waals surface area contributed by atoms with Crippen molar-refractivity contribution in [1.82, 2.24) is 9.13 Å². The van der Waals surface area contributed by atoms with Gasteiger partial charge in [-0.1, -0.05) is 55.3 Å². The van der Waals surface area contributed by atoms with Gasteiger partial charge in [0.1, 0.15) is 0 Å². The van der Waals surface area contributed by atoms with Crippen molar-refractivity contribution in [3.8, 4) is 5.69 Å². The van der Waals surface area contributed by atoms with Crippen LogP contribution in [0.15, 0.2) is 71.8 Å². The summed E-state index contributed by atoms with van der Waals surface area (Å²) in [5.41, 5.74) is 3.52. The van der Waals surface area contributed by atoms with Crippen molar-refractivity contribution >= 4 is 0 Å². The van der Waals surface area contributed by atoms with E-state index in [1.54, 1.807) is 9.13 Å². The Bertz CT molecular complexity index is 853. The second-order valence-electron chi connectivity index (χ2n) is 6.64. The molecule has 24 heavy (non-hydrogen) atoms. The van der Waals surface area contributed by atoms with Crippen LogP contribution in [-0.2, 0) is 6.54 Å². The van der Waals surface area contributed by atoms with E-state index < -0.39 is 0 Å². The van der Waals surface area contributed by atoms with Gasteiger partial charge < -0.3 is 0 Å². The van der Waals surface area contributed by atoms with Gasteiger partial charge in [-0.25, -0.2) is 4.79 Å². The molecule has 1 heterocycles. The molecule has 0 aliphatic heterocycles. The lowest BCUT2D eigenvalue weighted by Crippen LogP contribution is -2.23. The molecule has 1 aromatic heterocycles. The highest BCUT2D eigenvalue weighted by Crippen LogP contribution is 2.33. The van der Waals surface area contributed by atoms with Crippen LogP contribution in [0.5, 0.6) is 0 Å². The van der Waals surface area contributed by atoms with Gasteiger partial charge in [0.2, 0.25) is 0 Å². The summed E-state index contributed by atoms with van der Waals surface area (Å²) >= 11 is 0. The molecular formula is C21H22N2O. The third-order valence-electron chi connectivity index (χ3n) is 5.04. The van der Waals surface area contributed by atoms with Crippen molar-refractivity contribution in [2.45, 2.75) is 38.1 Å². The van der Waals surface area contributed by atoms with Gasteiger partial charge in [0.15, 0.2) is 0 Å². The van der Waals surface area contributed by atoms with Crippen LogP contribution in [0.3, 0.4) is 0 Å². The predicted octanol–water partition coefficient (Wildman–Crippen LogP) is 4.34. The Kier molecular flexibility index (Phi) is 4.08. The largest absolute Gasteiger partial charge is 0.333 e. The summed E-state index contributed by atoms with van der Waals surface area (Å²) < 4.78 is 3.45. The molecule has 2 aromatic carbocycles. The summed E-state index contributed by atoms with van der Waals surface area (Å²) in [4.78, 5) is 12.6. The van der Waals surface area contributed by atoms with Crippen molar-refractivity contribution in [3.63, 3.8) is 0 Å². The highest BCUT2D eigenvalue weighted by molar-refractivity contribution is 5.31. The van der Waals surface area contributed by atoms with Crippen LogP contribution in [0.2, 0.25) is 0 Å². The summed E-state index contributed by atoms with van der Waals surface area (Å²) in [7, 11) is 0. The van der Waals surface area contributed by atoms with Crippen molar-refractivity contribution in [2.75, 3.05) is 0 Å². The number of imidazole rings is 1. The maximum atomic E-state index is 12.6. The van der Waals surface area contributed by atoms with E-state index in [0.717, 1.165) is 11.6 Å². The zero-order valence-corrected chi connectivity index (χ0v) is 13.8. The third-order valence-corrected chi connectivity index (χ3v) is 5.04. The molecule has 1 fully saturated rings. The zero-order chi connectivity index (χ0) is 16.4. The third kappa shape index (κ3) is 2.94. The van der Waals surface area contributed by atoms with Crippen molar-refractivity contribution in [1.29, 1.82) is 0 Å². The minimum Gasteiger partial charge on any atom is -0.294 e. The lowest BCUT2D eigenvalue weighted by molar-refractivity contribution is 0.718. The molecule has 0 N–H and O–H groups in total. The van der Waals surface area contributed by atoms with Crippen LogP contribution in [0.1, 0.15) is 42.7 Å². The normalized spacial score (nSPS) is 15.0. The van der Waals surface area contributed by atoms with E-state index in [1.807, 2.05) is 42.7 Å². The number of hydrogen-bond donors (Lipinski definition) is 0. The molecule has 1 aliphatic rings. The molecule has 0 amide bonds. The Hall–Kier alpha value is -2.55. The lowest BCUT2D eigenvalue weighted by atomic mass is 9.97. The molecule has 0 atom stereocenters. The van der Waals surface area contributed by atoms with E-state index in [-0.39, 0.29) is 5.69 Å². The Morgan fingerprint density at radius 1 is 0.875 bits per heavy atom. The molecule has 0 bridgehead atoms. The van der Waals surface area contributed by atoms with Gasteiger partial charge in [-0.3, -0.25) is 9.13 Å². The Labute approximate surface area is 142 Å². The van der Waals surface area contributed by atoms with Crippen molar-refractivity contribution in [3.05, 3.63) is 88.6 Å². The Morgan fingerprint density at radius 3 is 2.29 bits per heavy atom. The van der Waals surface area contributed by atoms with Crippen LogP contribution in [0.4, 0.5) is 0 Å². The fourth-order valence-electron chi connectivity index (χ4n) is 3.67. The molecule has 0 saturated heterocycles. The van der Waals surface area contributed by atoms with Gasteiger partial charge in [-0.05, 0) is 42.0 Å². The van der Waals surface area contributed by atoms with Crippen LogP contribution >= 0.6 is 0 Å². The number of benzene rings is 2. The smallest absolute Gasteiger partial charge is 0.294 e. The van der Waals surface area contributed by atoms with Gasteiger partial charge in [0.05, 0.1) is 12.2 Å². The molecule has 1 aliphatic carbocycles. The molecule has 3 aromatic rings. The first-order chi connectivity index (χ1) is 11.8. The molecule has 0 radical (unpaired) electrons. The second kappa shape index (κ2) is 6.52. The molecular weight excluding hydrogens is 296 g/mol. The number of para-hydroxylation sites is 1. The summed E-state index contributed by atoms with van der Waals surface area (Å²) in [5, 5.41) is 0. The average molecular weight is 318 g/mol. The number of rotatable bonds is 4. The molecule has 122 valence electrons. The van der Waals surface area contributed by atoms with Gasteiger partial charge >= 0.3 is 5.69 Å². The van der Waals surface area contributed by atoms with Crippen LogP contribution in [-0.4, -0.2) is 9.13 Å². The molecule has 1 saturated carbocycles. The van der Waals surface area contributed by atoms with Crippen LogP contribution < -0.4 is 5.69 Å². The van der Waals surface area contributed by atoms with E-state index in [4.69, 9.17) is 0 Å². The SMILES string of the molecule is O=c1n(Cc2ccc(C3CCCC3)cc2)ccn1-c1ccccc1. The highest BCUT2D eigenvalue weighted by Gasteiger charge is 2.16. The summed E-state index contributed by atoms with van der Waals surface area (Å²) in [6, 6.07) is 18.6. The lowest BCUT2D eigenvalue weighted by Gasteiger charge is -2.10. The monoisotopic (exact) mass is 318 g/mol. The standard InChI is InChI=1S/C21H22N2O/c24-21-22(14-15-23(21)20-8-2-1-3-9-20)16-17-10-12-19(13-11-17)18-6-4-5-7-18/h1-3,8-15,18H,4-7,16H2. The van der Waals surface area contributed by atoms with Crippen LogP contribution in [0, 0.1) is 0 Å². The first kappa shape index (κ1) is 15.0. The molecule has 4 rings (SSSR count). The maximum Gasteiger partial charge on any atom is 0.333 e. The van der Waals surface area contributed by atoms with Gasteiger partial charge in [0, 0.05) is 12.4 Å². The maximum absolute atomic E-state index is 12.6. The van der Waals surface area contributed by atoms with Crippen molar-refractivity contribution in [2.24, 2.45) is 0 Å². The number of nitrogens with zero attached hydrogens (tertiary/aromatic N) is 2. The molecule has 0 spiro atoms. The van der Waals surface area contributed by atoms with Crippen LogP contribution in [0.25, 0.3) is 5.69 Å². The summed E-state index contributed by atoms with van der Waals surface area (Å²) in [6.45, 7) is 0.615. The number of hydrogen-bond acceptors (Lipinski definition) is 1. The van der Waals surface area contributed by atoms with E-state index in [2.05, 4.69) is 24.3 Å². The van der Waals surface area contributed by atoms with E-state index in [0.29, 0.717) is 6.54 Å². The van der Waals surface area contributed by atoms with Gasteiger partial charge in [-0.15, -0.1) is 0 Å². The van der Waals surface area contributed by atoms with E-state index >= 15 is 0 Å². The predicted molar refractivity (Wildman–Crippen MR) is 96.8 cm³/mol. The Morgan fingerprint density at radius 2 is 1.58 bits per heavy atom. The summed E-state index contributed by atoms with van der Waals surface area (Å²) in [5.74, 6) is 0.737. The fourth-order valence-corrected chi connectivity index (χ4v) is 3.67. The number of aromatic nitrogens is 2. The first-order valence-electron chi connectivity index (χ1n) is 8.73. The fraction of sp³-hybridized carbons (Fsp3) is 0.286. The second-order valence-corrected chi connectivity index (χ2v) is 6.64. The van der Waals surface area contributed by atoms with E-state index in [9.17, 15) is 4.79 Å². The average Bonchev–Trinajstić information content (AvgIpc) is 3.28. The molecule has 0 unspecified atom stereocenters. The quantitative estimate of drug-likeness (QED) is 0.703. The van der Waals surface area contributed by atoms with Gasteiger partial charge in [-0.2, -0.15) is 0 Å². The molecule has 3 heteroatoms. The zero-order valence-electron chi connectivity index (χ0n) is 13.8. The van der Waals surface area contributed by atoms with Crippen molar-refractivity contribution < 1.29 is 0 Å².